The van der Waals surface area contributed by atoms with Crippen molar-refractivity contribution in [2.75, 3.05) is 10.6 Å². The summed E-state index contributed by atoms with van der Waals surface area (Å²) < 4.78 is 37.0. The number of hydrogen-bond acceptors (Lipinski definition) is 5. The minimum absolute atomic E-state index is 0.190. The number of ketones is 1. The van der Waals surface area contributed by atoms with Crippen LogP contribution in [0.3, 0.4) is 0 Å². The second kappa shape index (κ2) is 7.21. The first-order valence-electron chi connectivity index (χ1n) is 6.47. The fourth-order valence-electron chi connectivity index (χ4n) is 1.72. The third kappa shape index (κ3) is 4.62. The number of benzene rings is 1. The van der Waals surface area contributed by atoms with Crippen molar-refractivity contribution in [1.29, 1.82) is 0 Å². The number of hydrogen-bond donors (Lipinski definition) is 2. The number of carbonyl (C=O) groups is 3. The maximum atomic E-state index is 12.3. The maximum absolute atomic E-state index is 12.3. The monoisotopic (exact) mass is 357 g/mol. The molecule has 0 radical (unpaired) electrons. The molecule has 2 aromatic rings. The van der Waals surface area contributed by atoms with Gasteiger partial charge in [0.1, 0.15) is 0 Å². The normalized spacial score (nSPS) is 11.0. The largest absolute Gasteiger partial charge is 0.471 e. The van der Waals surface area contributed by atoms with E-state index in [9.17, 15) is 27.6 Å². The predicted octanol–water partition coefficient (Wildman–Crippen LogP) is 2.86. The molecule has 0 unspecified atom stereocenters. The lowest BCUT2D eigenvalue weighted by Gasteiger charge is -2.11. The van der Waals surface area contributed by atoms with E-state index in [1.54, 1.807) is 10.7 Å². The topological polar surface area (TPSA) is 88.2 Å². The van der Waals surface area contributed by atoms with Gasteiger partial charge >= 0.3 is 12.1 Å². The molecule has 24 heavy (non-hydrogen) atoms. The highest BCUT2D eigenvalue weighted by Crippen LogP contribution is 2.22. The quantitative estimate of drug-likeness (QED) is 0.636. The lowest BCUT2D eigenvalue weighted by molar-refractivity contribution is -0.167. The zero-order valence-corrected chi connectivity index (χ0v) is 12.7. The van der Waals surface area contributed by atoms with E-state index in [-0.39, 0.29) is 11.3 Å². The molecule has 1 heterocycles. The first kappa shape index (κ1) is 17.6. The van der Waals surface area contributed by atoms with Gasteiger partial charge in [-0.15, -0.1) is 11.3 Å². The number of alkyl halides is 3. The van der Waals surface area contributed by atoms with Gasteiger partial charge in [0.05, 0.1) is 12.1 Å². The van der Waals surface area contributed by atoms with Gasteiger partial charge in [-0.25, -0.2) is 4.98 Å². The lowest BCUT2D eigenvalue weighted by atomic mass is 10.1. The van der Waals surface area contributed by atoms with E-state index in [4.69, 9.17) is 0 Å². The van der Waals surface area contributed by atoms with E-state index in [0.29, 0.717) is 5.13 Å². The van der Waals surface area contributed by atoms with Crippen LogP contribution >= 0.6 is 11.3 Å². The Labute approximate surface area is 137 Å². The number of thiazole rings is 1. The number of amides is 2. The number of rotatable bonds is 5. The molecule has 0 aliphatic rings. The summed E-state index contributed by atoms with van der Waals surface area (Å²) in [5.74, 6) is -3.59. The van der Waals surface area contributed by atoms with Crippen LogP contribution in [0.5, 0.6) is 0 Å². The number of halogens is 3. The standard InChI is InChI=1S/C14H10F3N3O3S/c15-14(16,17)12(23)19-9-4-2-1-3-8(9)10(21)7-11(22)20-13-18-5-6-24-13/h1-6H,7H2,(H,19,23)(H,18,20,22). The van der Waals surface area contributed by atoms with Crippen molar-refractivity contribution < 1.29 is 27.6 Å². The fourth-order valence-corrected chi connectivity index (χ4v) is 2.26. The van der Waals surface area contributed by atoms with Gasteiger partial charge in [0, 0.05) is 17.1 Å². The molecule has 0 bridgehead atoms. The summed E-state index contributed by atoms with van der Waals surface area (Å²) >= 11 is 1.15. The zero-order chi connectivity index (χ0) is 17.7. The van der Waals surface area contributed by atoms with E-state index < -0.39 is 30.2 Å². The van der Waals surface area contributed by atoms with Crippen LogP contribution in [0.4, 0.5) is 24.0 Å². The Morgan fingerprint density at radius 2 is 1.83 bits per heavy atom. The summed E-state index contributed by atoms with van der Waals surface area (Å²) in [6, 6.07) is 5.15. The molecule has 1 aromatic carbocycles. The number of nitrogens with zero attached hydrogens (tertiary/aromatic N) is 1. The van der Waals surface area contributed by atoms with Crippen LogP contribution in [0.25, 0.3) is 0 Å². The molecular formula is C14H10F3N3O3S. The lowest BCUT2D eigenvalue weighted by Crippen LogP contribution is -2.30. The molecule has 2 amide bonds. The summed E-state index contributed by atoms with van der Waals surface area (Å²) in [4.78, 5) is 38.7. The van der Waals surface area contributed by atoms with E-state index in [2.05, 4.69) is 10.3 Å². The molecule has 0 saturated heterocycles. The van der Waals surface area contributed by atoms with Crippen LogP contribution in [-0.4, -0.2) is 28.8 Å². The minimum Gasteiger partial charge on any atom is -0.318 e. The van der Waals surface area contributed by atoms with Crippen LogP contribution in [0, 0.1) is 0 Å². The summed E-state index contributed by atoms with van der Waals surface area (Å²) in [7, 11) is 0. The van der Waals surface area contributed by atoms with E-state index >= 15 is 0 Å². The molecule has 0 atom stereocenters. The van der Waals surface area contributed by atoms with E-state index in [1.165, 1.54) is 24.4 Å². The van der Waals surface area contributed by atoms with Gasteiger partial charge in [-0.3, -0.25) is 14.4 Å². The van der Waals surface area contributed by atoms with Gasteiger partial charge in [0.15, 0.2) is 10.9 Å². The van der Waals surface area contributed by atoms with Crippen molar-refractivity contribution in [3.63, 3.8) is 0 Å². The van der Waals surface area contributed by atoms with Crippen molar-refractivity contribution in [3.05, 3.63) is 41.4 Å². The Kier molecular flexibility index (Phi) is 5.29. The van der Waals surface area contributed by atoms with Crippen molar-refractivity contribution in [1.82, 2.24) is 4.98 Å². The molecule has 126 valence electrons. The highest BCUT2D eigenvalue weighted by Gasteiger charge is 2.39. The van der Waals surface area contributed by atoms with Crippen LogP contribution in [0.1, 0.15) is 16.8 Å². The van der Waals surface area contributed by atoms with Crippen molar-refractivity contribution in [2.45, 2.75) is 12.6 Å². The maximum Gasteiger partial charge on any atom is 0.471 e. The molecule has 0 spiro atoms. The molecule has 0 saturated carbocycles. The summed E-state index contributed by atoms with van der Waals surface area (Å²) in [6.07, 6.45) is -4.22. The third-order valence-corrected chi connectivity index (χ3v) is 3.42. The van der Waals surface area contributed by atoms with Crippen molar-refractivity contribution >= 4 is 39.8 Å². The van der Waals surface area contributed by atoms with Gasteiger partial charge in [0.25, 0.3) is 0 Å². The Balaban J connectivity index is 2.09. The van der Waals surface area contributed by atoms with Gasteiger partial charge in [0.2, 0.25) is 5.91 Å². The van der Waals surface area contributed by atoms with Gasteiger partial charge in [-0.2, -0.15) is 13.2 Å². The minimum atomic E-state index is -5.08. The second-order valence-electron chi connectivity index (χ2n) is 4.48. The van der Waals surface area contributed by atoms with Crippen LogP contribution < -0.4 is 10.6 Å². The number of para-hydroxylation sites is 1. The predicted molar refractivity (Wildman–Crippen MR) is 80.8 cm³/mol. The molecule has 0 fully saturated rings. The highest BCUT2D eigenvalue weighted by molar-refractivity contribution is 7.13. The van der Waals surface area contributed by atoms with Gasteiger partial charge in [-0.1, -0.05) is 12.1 Å². The summed E-state index contributed by atoms with van der Waals surface area (Å²) in [5.41, 5.74) is -0.503. The molecule has 0 aliphatic heterocycles. The number of anilines is 2. The first-order chi connectivity index (χ1) is 11.3. The third-order valence-electron chi connectivity index (χ3n) is 2.73. The molecule has 0 aliphatic carbocycles. The molecular weight excluding hydrogens is 347 g/mol. The summed E-state index contributed by atoms with van der Waals surface area (Å²) in [6.45, 7) is 0. The number of aromatic nitrogens is 1. The first-order valence-corrected chi connectivity index (χ1v) is 7.35. The average molecular weight is 357 g/mol. The zero-order valence-electron chi connectivity index (χ0n) is 11.9. The smallest absolute Gasteiger partial charge is 0.318 e. The van der Waals surface area contributed by atoms with Gasteiger partial charge in [-0.05, 0) is 12.1 Å². The van der Waals surface area contributed by atoms with Gasteiger partial charge < -0.3 is 10.6 Å². The molecule has 2 rings (SSSR count). The van der Waals surface area contributed by atoms with E-state index in [1.807, 2.05) is 0 Å². The van der Waals surface area contributed by atoms with E-state index in [0.717, 1.165) is 17.4 Å². The second-order valence-corrected chi connectivity index (χ2v) is 5.38. The van der Waals surface area contributed by atoms with Crippen LogP contribution in [0.2, 0.25) is 0 Å². The van der Waals surface area contributed by atoms with Crippen molar-refractivity contribution in [2.24, 2.45) is 0 Å². The molecule has 2 N–H and O–H groups in total. The fraction of sp³-hybridized carbons (Fsp3) is 0.143. The number of nitrogens with one attached hydrogen (secondary N) is 2. The number of carbonyl (C=O) groups excluding carboxylic acids is 3. The highest BCUT2D eigenvalue weighted by atomic mass is 32.1. The van der Waals surface area contributed by atoms with Crippen LogP contribution in [0.15, 0.2) is 35.8 Å². The Morgan fingerprint density at radius 1 is 1.12 bits per heavy atom. The molecule has 6 nitrogen and oxygen atoms in total. The Bertz CT molecular complexity index is 760. The Morgan fingerprint density at radius 3 is 2.46 bits per heavy atom. The SMILES string of the molecule is O=C(CC(=O)c1ccccc1NC(=O)C(F)(F)F)Nc1nccs1. The van der Waals surface area contributed by atoms with Crippen LogP contribution in [-0.2, 0) is 9.59 Å². The summed E-state index contributed by atoms with van der Waals surface area (Å²) in [5, 5.41) is 5.93. The average Bonchev–Trinajstić information content (AvgIpc) is 2.99. The Hall–Kier alpha value is -2.75. The molecule has 10 heteroatoms. The molecule has 1 aromatic heterocycles. The number of Topliss-reactive ketones (excluding diaryl/α,β-unsaturated/α-hetero) is 1. The van der Waals surface area contributed by atoms with Crippen molar-refractivity contribution in [3.8, 4) is 0 Å².